The summed E-state index contributed by atoms with van der Waals surface area (Å²) in [6, 6.07) is 0. The fraction of sp³-hybridized carbons (Fsp3) is 1.00. The van der Waals surface area contributed by atoms with Gasteiger partial charge in [-0.05, 0) is 32.4 Å². The highest BCUT2D eigenvalue weighted by Gasteiger charge is 1.97. The van der Waals surface area contributed by atoms with Gasteiger partial charge >= 0.3 is 0 Å². The maximum Gasteiger partial charge on any atom is 0.00262 e. The summed E-state index contributed by atoms with van der Waals surface area (Å²) in [7, 11) is 0. The molecule has 0 saturated heterocycles. The molecule has 1 nitrogen and oxygen atoms in total. The molecule has 80 valence electrons. The first-order chi connectivity index (χ1) is 6.31. The van der Waals surface area contributed by atoms with Crippen LogP contribution >= 0.6 is 12.6 Å². The van der Waals surface area contributed by atoms with Gasteiger partial charge in [0.15, 0.2) is 0 Å². The molecule has 0 bridgehead atoms. The first-order valence-electron chi connectivity index (χ1n) is 5.70. The molecule has 0 heterocycles. The van der Waals surface area contributed by atoms with Crippen LogP contribution < -0.4 is 5.32 Å². The van der Waals surface area contributed by atoms with Gasteiger partial charge in [-0.15, -0.1) is 0 Å². The number of hydrogen-bond donors (Lipinski definition) is 2. The Morgan fingerprint density at radius 3 is 2.46 bits per heavy atom. The van der Waals surface area contributed by atoms with Gasteiger partial charge in [-0.3, -0.25) is 0 Å². The van der Waals surface area contributed by atoms with Gasteiger partial charge in [0.05, 0.1) is 0 Å². The molecule has 0 saturated carbocycles. The normalized spacial score (nSPS) is 13.2. The molecule has 13 heavy (non-hydrogen) atoms. The summed E-state index contributed by atoms with van der Waals surface area (Å²) < 4.78 is 0. The second-order valence-corrected chi connectivity index (χ2v) is 4.39. The Balaban J connectivity index is 2.91. The molecular formula is C11H25NS. The summed E-state index contributed by atoms with van der Waals surface area (Å²) >= 11 is 4.45. The van der Waals surface area contributed by atoms with E-state index in [4.69, 9.17) is 0 Å². The predicted molar refractivity (Wildman–Crippen MR) is 64.7 cm³/mol. The maximum absolute atomic E-state index is 4.45. The highest BCUT2D eigenvalue weighted by atomic mass is 32.1. The fourth-order valence-electron chi connectivity index (χ4n) is 1.27. The molecule has 1 N–H and O–H groups in total. The van der Waals surface area contributed by atoms with Crippen LogP contribution in [0.2, 0.25) is 0 Å². The summed E-state index contributed by atoms with van der Waals surface area (Å²) in [5.41, 5.74) is 0. The van der Waals surface area contributed by atoms with E-state index in [2.05, 4.69) is 31.8 Å². The number of hydrogen-bond acceptors (Lipinski definition) is 2. The third-order valence-electron chi connectivity index (χ3n) is 2.33. The van der Waals surface area contributed by atoms with E-state index >= 15 is 0 Å². The Labute approximate surface area is 89.1 Å². The second kappa shape index (κ2) is 10.4. The van der Waals surface area contributed by atoms with E-state index in [9.17, 15) is 0 Å². The topological polar surface area (TPSA) is 12.0 Å². The van der Waals surface area contributed by atoms with Gasteiger partial charge < -0.3 is 5.32 Å². The monoisotopic (exact) mass is 203 g/mol. The summed E-state index contributed by atoms with van der Waals surface area (Å²) in [4.78, 5) is 0. The fourth-order valence-corrected chi connectivity index (χ4v) is 1.40. The lowest BCUT2D eigenvalue weighted by Crippen LogP contribution is -2.19. The van der Waals surface area contributed by atoms with Crippen LogP contribution in [0, 0.1) is 0 Å². The van der Waals surface area contributed by atoms with Crippen molar-refractivity contribution in [2.45, 2.75) is 57.6 Å². The van der Waals surface area contributed by atoms with Gasteiger partial charge in [-0.1, -0.05) is 33.1 Å². The molecule has 0 aliphatic carbocycles. The van der Waals surface area contributed by atoms with Crippen molar-refractivity contribution in [3.05, 3.63) is 0 Å². The second-order valence-electron chi connectivity index (χ2n) is 3.66. The van der Waals surface area contributed by atoms with Crippen LogP contribution in [0.1, 0.15) is 52.4 Å². The lowest BCUT2D eigenvalue weighted by atomic mass is 10.2. The van der Waals surface area contributed by atoms with Crippen LogP contribution in [0.3, 0.4) is 0 Å². The SMILES string of the molecule is CCCCCCNCCC(S)CC. The molecule has 0 fully saturated rings. The molecule has 0 spiro atoms. The summed E-state index contributed by atoms with van der Waals surface area (Å²) in [6.45, 7) is 6.76. The Kier molecular flexibility index (Phi) is 10.6. The van der Waals surface area contributed by atoms with Gasteiger partial charge in [0.1, 0.15) is 0 Å². The first-order valence-corrected chi connectivity index (χ1v) is 6.21. The summed E-state index contributed by atoms with van der Waals surface area (Å²) in [5, 5.41) is 4.05. The van der Waals surface area contributed by atoms with Gasteiger partial charge in [-0.25, -0.2) is 0 Å². The third kappa shape index (κ3) is 10.2. The molecule has 0 aliphatic heterocycles. The molecule has 1 unspecified atom stereocenters. The zero-order valence-electron chi connectivity index (χ0n) is 9.18. The van der Waals surface area contributed by atoms with Crippen molar-refractivity contribution in [1.29, 1.82) is 0 Å². The lowest BCUT2D eigenvalue weighted by molar-refractivity contribution is 0.577. The lowest BCUT2D eigenvalue weighted by Gasteiger charge is -2.08. The Morgan fingerprint density at radius 2 is 1.85 bits per heavy atom. The van der Waals surface area contributed by atoms with Crippen LogP contribution in [-0.2, 0) is 0 Å². The van der Waals surface area contributed by atoms with Crippen LogP contribution in [-0.4, -0.2) is 18.3 Å². The third-order valence-corrected chi connectivity index (χ3v) is 2.96. The molecule has 0 radical (unpaired) electrons. The van der Waals surface area contributed by atoms with Crippen LogP contribution in [0.25, 0.3) is 0 Å². The van der Waals surface area contributed by atoms with Crippen LogP contribution in [0.4, 0.5) is 0 Å². The van der Waals surface area contributed by atoms with E-state index in [0.717, 1.165) is 6.54 Å². The van der Waals surface area contributed by atoms with Crippen molar-refractivity contribution >= 4 is 12.6 Å². The standard InChI is InChI=1S/C11H25NS/c1-3-5-6-7-9-12-10-8-11(13)4-2/h11-13H,3-10H2,1-2H3. The molecule has 1 atom stereocenters. The van der Waals surface area contributed by atoms with E-state index in [1.807, 2.05) is 0 Å². The minimum atomic E-state index is 0.586. The van der Waals surface area contributed by atoms with E-state index < -0.39 is 0 Å². The minimum Gasteiger partial charge on any atom is -0.317 e. The molecular weight excluding hydrogens is 178 g/mol. The van der Waals surface area contributed by atoms with Gasteiger partial charge in [0, 0.05) is 5.25 Å². The van der Waals surface area contributed by atoms with Gasteiger partial charge in [0.2, 0.25) is 0 Å². The van der Waals surface area contributed by atoms with Crippen molar-refractivity contribution < 1.29 is 0 Å². The summed E-state index contributed by atoms with van der Waals surface area (Å²) in [5.74, 6) is 0. The van der Waals surface area contributed by atoms with Crippen molar-refractivity contribution in [3.63, 3.8) is 0 Å². The summed E-state index contributed by atoms with van der Waals surface area (Å²) in [6.07, 6.45) is 7.80. The molecule has 0 aromatic rings. The van der Waals surface area contributed by atoms with Crippen LogP contribution in [0.5, 0.6) is 0 Å². The van der Waals surface area contributed by atoms with E-state index in [0.29, 0.717) is 5.25 Å². The van der Waals surface area contributed by atoms with E-state index in [-0.39, 0.29) is 0 Å². The molecule has 2 heteroatoms. The van der Waals surface area contributed by atoms with Gasteiger partial charge in [0.25, 0.3) is 0 Å². The number of unbranched alkanes of at least 4 members (excludes halogenated alkanes) is 3. The van der Waals surface area contributed by atoms with Crippen molar-refractivity contribution in [3.8, 4) is 0 Å². The molecule has 0 amide bonds. The Bertz CT molecular complexity index is 96.1. The first kappa shape index (κ1) is 13.3. The number of thiol groups is 1. The average Bonchev–Trinajstić information content (AvgIpc) is 2.16. The zero-order valence-corrected chi connectivity index (χ0v) is 10.1. The average molecular weight is 203 g/mol. The molecule has 0 aromatic heterocycles. The van der Waals surface area contributed by atoms with Crippen molar-refractivity contribution in [1.82, 2.24) is 5.32 Å². The van der Waals surface area contributed by atoms with E-state index in [1.165, 1.54) is 45.1 Å². The molecule has 0 aliphatic rings. The highest BCUT2D eigenvalue weighted by Crippen LogP contribution is 2.04. The predicted octanol–water partition coefficient (Wildman–Crippen LogP) is 3.25. The van der Waals surface area contributed by atoms with Crippen molar-refractivity contribution in [2.24, 2.45) is 0 Å². The quantitative estimate of drug-likeness (QED) is 0.433. The van der Waals surface area contributed by atoms with Crippen LogP contribution in [0.15, 0.2) is 0 Å². The minimum absolute atomic E-state index is 0.586. The zero-order chi connectivity index (χ0) is 9.94. The maximum atomic E-state index is 4.45. The van der Waals surface area contributed by atoms with Crippen molar-refractivity contribution in [2.75, 3.05) is 13.1 Å². The smallest absolute Gasteiger partial charge is 0.00262 e. The molecule has 0 rings (SSSR count). The Hall–Kier alpha value is 0.310. The Morgan fingerprint density at radius 1 is 1.08 bits per heavy atom. The molecule has 0 aromatic carbocycles. The number of nitrogens with one attached hydrogen (secondary N) is 1. The largest absolute Gasteiger partial charge is 0.317 e. The van der Waals surface area contributed by atoms with E-state index in [1.54, 1.807) is 0 Å². The number of rotatable bonds is 9. The highest BCUT2D eigenvalue weighted by molar-refractivity contribution is 7.80. The van der Waals surface area contributed by atoms with Gasteiger partial charge in [-0.2, -0.15) is 12.6 Å².